The first-order valence-electron chi connectivity index (χ1n) is 5.57. The quantitative estimate of drug-likeness (QED) is 0.740. The Morgan fingerprint density at radius 1 is 1.11 bits per heavy atom. The summed E-state index contributed by atoms with van der Waals surface area (Å²) >= 11 is 1.76. The van der Waals surface area contributed by atoms with E-state index in [-0.39, 0.29) is 5.95 Å². The van der Waals surface area contributed by atoms with Crippen molar-refractivity contribution in [3.05, 3.63) is 41.4 Å². The van der Waals surface area contributed by atoms with Crippen molar-refractivity contribution in [1.82, 2.24) is 15.0 Å². The first kappa shape index (κ1) is 11.0. The monoisotopic (exact) mass is 256 g/mol. The van der Waals surface area contributed by atoms with Crippen molar-refractivity contribution < 1.29 is 0 Å². The molecule has 0 unspecified atom stereocenters. The average molecular weight is 256 g/mol. The number of rotatable bonds is 2. The zero-order valence-electron chi connectivity index (χ0n) is 9.84. The third-order valence-corrected chi connectivity index (χ3v) is 3.68. The lowest BCUT2D eigenvalue weighted by Crippen LogP contribution is -1.95. The standard InChI is InChI=1S/C13H12N4S/c1-8-2-5-12(18-8)11-4-3-9(16-11)10-6-7-15-13(14)17-10/h2-7,16H,1H3,(H2,14,15,17). The molecule has 0 aromatic carbocycles. The summed E-state index contributed by atoms with van der Waals surface area (Å²) in [4.78, 5) is 14.0. The molecule has 0 aliphatic carbocycles. The highest BCUT2D eigenvalue weighted by molar-refractivity contribution is 7.15. The minimum Gasteiger partial charge on any atom is -0.368 e. The Labute approximate surface area is 109 Å². The summed E-state index contributed by atoms with van der Waals surface area (Å²) < 4.78 is 0. The van der Waals surface area contributed by atoms with Gasteiger partial charge in [-0.2, -0.15) is 0 Å². The Bertz CT molecular complexity index is 684. The van der Waals surface area contributed by atoms with Crippen molar-refractivity contribution in [3.63, 3.8) is 0 Å². The third-order valence-electron chi connectivity index (χ3n) is 2.64. The smallest absolute Gasteiger partial charge is 0.220 e. The molecule has 90 valence electrons. The molecule has 0 atom stereocenters. The van der Waals surface area contributed by atoms with Crippen molar-refractivity contribution in [2.75, 3.05) is 5.73 Å². The van der Waals surface area contributed by atoms with Crippen molar-refractivity contribution in [2.45, 2.75) is 6.92 Å². The lowest BCUT2D eigenvalue weighted by molar-refractivity contribution is 1.18. The molecule has 0 saturated carbocycles. The molecular formula is C13H12N4S. The molecule has 5 heteroatoms. The highest BCUT2D eigenvalue weighted by Gasteiger charge is 2.06. The minimum atomic E-state index is 0.288. The summed E-state index contributed by atoms with van der Waals surface area (Å²) in [7, 11) is 0. The van der Waals surface area contributed by atoms with Crippen LogP contribution in [0.15, 0.2) is 36.5 Å². The lowest BCUT2D eigenvalue weighted by atomic mass is 10.3. The van der Waals surface area contributed by atoms with E-state index >= 15 is 0 Å². The topological polar surface area (TPSA) is 67.6 Å². The number of hydrogen-bond acceptors (Lipinski definition) is 4. The molecule has 3 N–H and O–H groups in total. The molecule has 0 saturated heterocycles. The fourth-order valence-electron chi connectivity index (χ4n) is 1.79. The number of nitrogens with two attached hydrogens (primary N) is 1. The predicted octanol–water partition coefficient (Wildman–Crippen LogP) is 3.09. The fourth-order valence-corrected chi connectivity index (χ4v) is 2.64. The Hall–Kier alpha value is -2.14. The fraction of sp³-hybridized carbons (Fsp3) is 0.0769. The number of hydrogen-bond donors (Lipinski definition) is 2. The van der Waals surface area contributed by atoms with Crippen LogP contribution < -0.4 is 5.73 Å². The van der Waals surface area contributed by atoms with E-state index in [4.69, 9.17) is 5.73 Å². The Morgan fingerprint density at radius 2 is 1.94 bits per heavy atom. The maximum atomic E-state index is 5.58. The predicted molar refractivity (Wildman–Crippen MR) is 74.3 cm³/mol. The molecule has 0 aliphatic heterocycles. The van der Waals surface area contributed by atoms with Gasteiger partial charge in [-0.25, -0.2) is 9.97 Å². The molecule has 0 bridgehead atoms. The van der Waals surface area contributed by atoms with Crippen molar-refractivity contribution in [3.8, 4) is 22.0 Å². The molecule has 0 fully saturated rings. The van der Waals surface area contributed by atoms with E-state index in [1.807, 2.05) is 12.1 Å². The van der Waals surface area contributed by atoms with E-state index in [2.05, 4.69) is 40.1 Å². The first-order chi connectivity index (χ1) is 8.72. The van der Waals surface area contributed by atoms with Gasteiger partial charge in [-0.15, -0.1) is 11.3 Å². The summed E-state index contributed by atoms with van der Waals surface area (Å²) in [5.74, 6) is 0.288. The van der Waals surface area contributed by atoms with Gasteiger partial charge in [0.05, 0.1) is 22.0 Å². The highest BCUT2D eigenvalue weighted by atomic mass is 32.1. The van der Waals surface area contributed by atoms with Crippen LogP contribution in [-0.2, 0) is 0 Å². The van der Waals surface area contributed by atoms with Gasteiger partial charge < -0.3 is 10.7 Å². The molecule has 4 nitrogen and oxygen atoms in total. The molecular weight excluding hydrogens is 244 g/mol. The van der Waals surface area contributed by atoms with Crippen LogP contribution in [-0.4, -0.2) is 15.0 Å². The van der Waals surface area contributed by atoms with Crippen LogP contribution in [0.5, 0.6) is 0 Å². The molecule has 0 radical (unpaired) electrons. The third kappa shape index (κ3) is 2.00. The normalized spacial score (nSPS) is 10.7. The van der Waals surface area contributed by atoms with Crippen molar-refractivity contribution >= 4 is 17.3 Å². The number of thiophene rings is 1. The molecule has 3 aromatic rings. The van der Waals surface area contributed by atoms with Crippen molar-refractivity contribution in [1.29, 1.82) is 0 Å². The van der Waals surface area contributed by atoms with Crippen LogP contribution in [0, 0.1) is 6.92 Å². The summed E-state index contributed by atoms with van der Waals surface area (Å²) in [6, 6.07) is 10.1. The second kappa shape index (κ2) is 4.27. The Morgan fingerprint density at radius 3 is 2.67 bits per heavy atom. The van der Waals surface area contributed by atoms with Crippen LogP contribution >= 0.6 is 11.3 Å². The van der Waals surface area contributed by atoms with Gasteiger partial charge in [0.2, 0.25) is 5.95 Å². The summed E-state index contributed by atoms with van der Waals surface area (Å²) in [5.41, 5.74) is 8.44. The van der Waals surface area contributed by atoms with Gasteiger partial charge in [-0.05, 0) is 37.3 Å². The zero-order chi connectivity index (χ0) is 12.5. The molecule has 18 heavy (non-hydrogen) atoms. The lowest BCUT2D eigenvalue weighted by Gasteiger charge is -1.98. The van der Waals surface area contributed by atoms with Gasteiger partial charge in [0.1, 0.15) is 0 Å². The second-order valence-corrected chi connectivity index (χ2v) is 5.28. The van der Waals surface area contributed by atoms with Gasteiger partial charge >= 0.3 is 0 Å². The van der Waals surface area contributed by atoms with Crippen LogP contribution in [0.25, 0.3) is 22.0 Å². The Balaban J connectivity index is 1.99. The number of nitrogen functional groups attached to an aromatic ring is 1. The molecule has 3 heterocycles. The number of H-pyrrole nitrogens is 1. The summed E-state index contributed by atoms with van der Waals surface area (Å²) in [6.45, 7) is 2.10. The number of nitrogens with one attached hydrogen (secondary N) is 1. The van der Waals surface area contributed by atoms with E-state index in [1.54, 1.807) is 17.5 Å². The molecule has 0 aliphatic rings. The van der Waals surface area contributed by atoms with Crippen LogP contribution in [0.1, 0.15) is 4.88 Å². The van der Waals surface area contributed by atoms with Gasteiger partial charge in [0.15, 0.2) is 0 Å². The number of aromatic nitrogens is 3. The van der Waals surface area contributed by atoms with E-state index in [0.717, 1.165) is 17.1 Å². The zero-order valence-corrected chi connectivity index (χ0v) is 10.7. The maximum absolute atomic E-state index is 5.58. The van der Waals surface area contributed by atoms with E-state index in [0.29, 0.717) is 0 Å². The molecule has 0 amide bonds. The van der Waals surface area contributed by atoms with Crippen molar-refractivity contribution in [2.24, 2.45) is 0 Å². The van der Waals surface area contributed by atoms with E-state index in [1.165, 1.54) is 9.75 Å². The average Bonchev–Trinajstić information content (AvgIpc) is 2.97. The van der Waals surface area contributed by atoms with Crippen LogP contribution in [0.4, 0.5) is 5.95 Å². The van der Waals surface area contributed by atoms with Gasteiger partial charge in [0, 0.05) is 11.1 Å². The maximum Gasteiger partial charge on any atom is 0.220 e. The number of anilines is 1. The van der Waals surface area contributed by atoms with Gasteiger partial charge in [0.25, 0.3) is 0 Å². The number of aryl methyl sites for hydroxylation is 1. The van der Waals surface area contributed by atoms with Crippen LogP contribution in [0.2, 0.25) is 0 Å². The number of nitrogens with zero attached hydrogens (tertiary/aromatic N) is 2. The molecule has 0 spiro atoms. The SMILES string of the molecule is Cc1ccc(-c2ccc(-c3ccnc(N)n3)[nH]2)s1. The van der Waals surface area contributed by atoms with Gasteiger partial charge in [-0.1, -0.05) is 0 Å². The minimum absolute atomic E-state index is 0.288. The van der Waals surface area contributed by atoms with E-state index < -0.39 is 0 Å². The number of aromatic amines is 1. The summed E-state index contributed by atoms with van der Waals surface area (Å²) in [5, 5.41) is 0. The Kier molecular flexibility index (Phi) is 2.60. The highest BCUT2D eigenvalue weighted by Crippen LogP contribution is 2.29. The second-order valence-electron chi connectivity index (χ2n) is 4.00. The molecule has 3 aromatic heterocycles. The summed E-state index contributed by atoms with van der Waals surface area (Å²) in [6.07, 6.45) is 1.66. The largest absolute Gasteiger partial charge is 0.368 e. The van der Waals surface area contributed by atoms with Crippen LogP contribution in [0.3, 0.4) is 0 Å². The molecule has 3 rings (SSSR count). The van der Waals surface area contributed by atoms with Gasteiger partial charge in [-0.3, -0.25) is 0 Å². The first-order valence-corrected chi connectivity index (χ1v) is 6.39. The van der Waals surface area contributed by atoms with E-state index in [9.17, 15) is 0 Å².